The van der Waals surface area contributed by atoms with E-state index in [0.29, 0.717) is 0 Å². The van der Waals surface area contributed by atoms with Gasteiger partial charge in [-0.1, -0.05) is 64.2 Å². The fourth-order valence-electron chi connectivity index (χ4n) is 3.24. The first kappa shape index (κ1) is 15.2. The van der Waals surface area contributed by atoms with Gasteiger partial charge in [-0.25, -0.2) is 0 Å². The van der Waals surface area contributed by atoms with Crippen LogP contribution < -0.4 is 0 Å². The van der Waals surface area contributed by atoms with Gasteiger partial charge in [0.1, 0.15) is 0 Å². The molecule has 20 heavy (non-hydrogen) atoms. The third kappa shape index (κ3) is 3.45. The van der Waals surface area contributed by atoms with E-state index in [1.807, 2.05) is 0 Å². The van der Waals surface area contributed by atoms with Gasteiger partial charge in [0.25, 0.3) is 0 Å². The van der Waals surface area contributed by atoms with E-state index in [9.17, 15) is 0 Å². The Balaban J connectivity index is 2.24. The molecule has 1 aromatic carbocycles. The third-order valence-electron chi connectivity index (χ3n) is 4.43. The number of para-hydroxylation sites is 1. The van der Waals surface area contributed by atoms with E-state index in [0.717, 1.165) is 5.92 Å². The molecular formula is C19H29N. The van der Waals surface area contributed by atoms with Crippen molar-refractivity contribution < 1.29 is 0 Å². The fourth-order valence-corrected chi connectivity index (χ4v) is 3.24. The van der Waals surface area contributed by atoms with Crippen molar-refractivity contribution in [1.82, 2.24) is 4.57 Å². The second-order valence-corrected chi connectivity index (χ2v) is 6.05. The molecule has 0 fully saturated rings. The zero-order valence-electron chi connectivity index (χ0n) is 13.4. The quantitative estimate of drug-likeness (QED) is 0.516. The van der Waals surface area contributed by atoms with Crippen LogP contribution in [0.4, 0.5) is 0 Å². The summed E-state index contributed by atoms with van der Waals surface area (Å²) in [6.07, 6.45) is 11.8. The number of aromatic nitrogens is 1. The number of hydrogen-bond acceptors (Lipinski definition) is 0. The van der Waals surface area contributed by atoms with Gasteiger partial charge in [-0.2, -0.15) is 0 Å². The number of benzene rings is 1. The summed E-state index contributed by atoms with van der Waals surface area (Å²) in [5.74, 6) is 0.743. The monoisotopic (exact) mass is 271 g/mol. The van der Waals surface area contributed by atoms with Crippen molar-refractivity contribution >= 4 is 10.9 Å². The maximum absolute atomic E-state index is 2.37. The van der Waals surface area contributed by atoms with Crippen molar-refractivity contribution in [2.24, 2.45) is 7.05 Å². The first-order valence-electron chi connectivity index (χ1n) is 8.31. The molecule has 0 saturated heterocycles. The zero-order chi connectivity index (χ0) is 14.4. The minimum atomic E-state index is 0.743. The first-order valence-corrected chi connectivity index (χ1v) is 8.31. The lowest BCUT2D eigenvalue weighted by molar-refractivity contribution is 0.517. The Morgan fingerprint density at radius 3 is 2.40 bits per heavy atom. The molecule has 0 aliphatic carbocycles. The Kier molecular flexibility index (Phi) is 5.70. The summed E-state index contributed by atoms with van der Waals surface area (Å²) < 4.78 is 2.30. The van der Waals surface area contributed by atoms with E-state index in [4.69, 9.17) is 0 Å². The minimum absolute atomic E-state index is 0.743. The Hall–Kier alpha value is -1.24. The third-order valence-corrected chi connectivity index (χ3v) is 4.43. The van der Waals surface area contributed by atoms with Crippen LogP contribution in [0, 0.1) is 0 Å². The molecule has 0 bridgehead atoms. The van der Waals surface area contributed by atoms with Crippen LogP contribution in [-0.2, 0) is 7.05 Å². The van der Waals surface area contributed by atoms with Crippen LogP contribution in [0.15, 0.2) is 30.5 Å². The fraction of sp³-hybridized carbons (Fsp3) is 0.579. The topological polar surface area (TPSA) is 4.93 Å². The lowest BCUT2D eigenvalue weighted by atomic mass is 9.88. The average molecular weight is 271 g/mol. The number of fused-ring (bicyclic) bond motifs is 1. The van der Waals surface area contributed by atoms with Gasteiger partial charge in [-0.05, 0) is 30.4 Å². The van der Waals surface area contributed by atoms with E-state index in [2.05, 4.69) is 55.9 Å². The molecule has 2 aromatic rings. The molecule has 1 heteroatoms. The van der Waals surface area contributed by atoms with Crippen LogP contribution in [0.2, 0.25) is 0 Å². The predicted octanol–water partition coefficient (Wildman–Crippen LogP) is 6.03. The van der Waals surface area contributed by atoms with Crippen molar-refractivity contribution in [2.75, 3.05) is 0 Å². The van der Waals surface area contributed by atoms with Gasteiger partial charge in [0.15, 0.2) is 0 Å². The average Bonchev–Trinajstić information content (AvgIpc) is 2.81. The number of nitrogens with zero attached hydrogens (tertiary/aromatic N) is 1. The van der Waals surface area contributed by atoms with E-state index < -0.39 is 0 Å². The zero-order valence-corrected chi connectivity index (χ0v) is 13.4. The molecule has 0 aliphatic heterocycles. The van der Waals surface area contributed by atoms with Crippen molar-refractivity contribution in [3.05, 3.63) is 36.0 Å². The van der Waals surface area contributed by atoms with Crippen molar-refractivity contribution in [3.8, 4) is 0 Å². The molecule has 0 amide bonds. The molecule has 0 N–H and O–H groups in total. The second kappa shape index (κ2) is 7.52. The van der Waals surface area contributed by atoms with Crippen molar-refractivity contribution in [1.29, 1.82) is 0 Å². The van der Waals surface area contributed by atoms with E-state index in [-0.39, 0.29) is 0 Å². The Bertz CT molecular complexity index is 524. The molecule has 110 valence electrons. The summed E-state index contributed by atoms with van der Waals surface area (Å²) in [6, 6.07) is 8.85. The molecule has 0 aliphatic rings. The highest BCUT2D eigenvalue weighted by molar-refractivity contribution is 5.84. The largest absolute Gasteiger partial charge is 0.350 e. The van der Waals surface area contributed by atoms with Crippen LogP contribution in [0.1, 0.15) is 70.3 Å². The summed E-state index contributed by atoms with van der Waals surface area (Å²) in [7, 11) is 2.18. The lowest BCUT2D eigenvalue weighted by Gasteiger charge is -2.16. The van der Waals surface area contributed by atoms with Gasteiger partial charge in [0.05, 0.1) is 0 Å². The van der Waals surface area contributed by atoms with Gasteiger partial charge in [-0.15, -0.1) is 0 Å². The number of aryl methyl sites for hydroxylation is 1. The molecule has 1 nitrogen and oxygen atoms in total. The smallest absolute Gasteiger partial charge is 0.0480 e. The van der Waals surface area contributed by atoms with Crippen molar-refractivity contribution in [3.63, 3.8) is 0 Å². The van der Waals surface area contributed by atoms with Gasteiger partial charge in [-0.3, -0.25) is 0 Å². The van der Waals surface area contributed by atoms with Gasteiger partial charge < -0.3 is 4.57 Å². The Morgan fingerprint density at radius 1 is 0.950 bits per heavy atom. The van der Waals surface area contributed by atoms with Crippen LogP contribution in [0.3, 0.4) is 0 Å². The first-order chi connectivity index (χ1) is 9.77. The summed E-state index contributed by atoms with van der Waals surface area (Å²) in [6.45, 7) is 4.59. The summed E-state index contributed by atoms with van der Waals surface area (Å²) in [4.78, 5) is 0. The van der Waals surface area contributed by atoms with Gasteiger partial charge in [0, 0.05) is 24.1 Å². The standard InChI is InChI=1S/C19H29N/c1-4-6-8-12-16(11-7-5-2)18-15-20(3)19-14-10-9-13-17(18)19/h9-10,13-16H,4-8,11-12H2,1-3H3. The highest BCUT2D eigenvalue weighted by Gasteiger charge is 2.16. The Morgan fingerprint density at radius 2 is 1.65 bits per heavy atom. The lowest BCUT2D eigenvalue weighted by Crippen LogP contribution is -1.99. The maximum atomic E-state index is 2.37. The van der Waals surface area contributed by atoms with Crippen LogP contribution >= 0.6 is 0 Å². The number of unbranched alkanes of at least 4 members (excludes halogenated alkanes) is 3. The molecule has 1 atom stereocenters. The summed E-state index contributed by atoms with van der Waals surface area (Å²) in [5.41, 5.74) is 2.95. The summed E-state index contributed by atoms with van der Waals surface area (Å²) in [5, 5.41) is 1.47. The van der Waals surface area contributed by atoms with E-state index >= 15 is 0 Å². The molecule has 0 spiro atoms. The summed E-state index contributed by atoms with van der Waals surface area (Å²) >= 11 is 0. The maximum Gasteiger partial charge on any atom is 0.0480 e. The molecule has 0 radical (unpaired) electrons. The van der Waals surface area contributed by atoms with Gasteiger partial charge in [0.2, 0.25) is 0 Å². The molecular weight excluding hydrogens is 242 g/mol. The Labute approximate surface area is 124 Å². The van der Waals surface area contributed by atoms with E-state index in [1.54, 1.807) is 5.56 Å². The van der Waals surface area contributed by atoms with Crippen molar-refractivity contribution in [2.45, 2.75) is 64.7 Å². The normalized spacial score (nSPS) is 12.9. The van der Waals surface area contributed by atoms with Crippen LogP contribution in [0.5, 0.6) is 0 Å². The molecule has 2 rings (SSSR count). The van der Waals surface area contributed by atoms with Crippen LogP contribution in [0.25, 0.3) is 10.9 Å². The highest BCUT2D eigenvalue weighted by Crippen LogP contribution is 2.34. The van der Waals surface area contributed by atoms with Crippen LogP contribution in [-0.4, -0.2) is 4.57 Å². The molecule has 1 aromatic heterocycles. The van der Waals surface area contributed by atoms with E-state index in [1.165, 1.54) is 55.8 Å². The minimum Gasteiger partial charge on any atom is -0.350 e. The molecule has 1 heterocycles. The molecule has 0 saturated carbocycles. The number of hydrogen-bond donors (Lipinski definition) is 0. The second-order valence-electron chi connectivity index (χ2n) is 6.05. The molecule has 1 unspecified atom stereocenters. The number of rotatable bonds is 8. The highest BCUT2D eigenvalue weighted by atomic mass is 14.9. The predicted molar refractivity (Wildman–Crippen MR) is 89.3 cm³/mol. The SMILES string of the molecule is CCCCCC(CCCC)c1cn(C)c2ccccc12. The van der Waals surface area contributed by atoms with Gasteiger partial charge >= 0.3 is 0 Å².